The lowest BCUT2D eigenvalue weighted by molar-refractivity contribution is -0.120. The van der Waals surface area contributed by atoms with E-state index in [1.165, 1.54) is 5.56 Å². The number of aryl methyl sites for hydroxylation is 1. The van der Waals surface area contributed by atoms with E-state index in [1.807, 2.05) is 42.2 Å². The average molecular weight is 461 g/mol. The van der Waals surface area contributed by atoms with Gasteiger partial charge in [0.2, 0.25) is 17.7 Å². The van der Waals surface area contributed by atoms with E-state index in [9.17, 15) is 4.79 Å². The smallest absolute Gasteiger partial charge is 0.242 e. The van der Waals surface area contributed by atoms with Crippen LogP contribution in [0.5, 0.6) is 0 Å². The minimum absolute atomic E-state index is 0.0808. The lowest BCUT2D eigenvalue weighted by Gasteiger charge is -2.46. The molecule has 1 aliphatic heterocycles. The number of aromatic nitrogens is 2. The summed E-state index contributed by atoms with van der Waals surface area (Å²) < 4.78 is 6.26. The lowest BCUT2D eigenvalue weighted by atomic mass is 9.84. The average Bonchev–Trinajstić information content (AvgIpc) is 3.38. The minimum atomic E-state index is -0.630. The molecule has 4 rings (SSSR count). The molecule has 3 aromatic rings. The van der Waals surface area contributed by atoms with Crippen molar-refractivity contribution < 1.29 is 9.21 Å². The maximum Gasteiger partial charge on any atom is 0.242 e. The van der Waals surface area contributed by atoms with Crippen LogP contribution < -0.4 is 4.90 Å². The first-order valence-electron chi connectivity index (χ1n) is 12.6. The highest BCUT2D eigenvalue weighted by Crippen LogP contribution is 2.41. The molecule has 0 spiro atoms. The van der Waals surface area contributed by atoms with E-state index in [0.717, 1.165) is 63.8 Å². The highest BCUT2D eigenvalue weighted by atomic mass is 16.4. The Labute approximate surface area is 203 Å². The fraction of sp³-hybridized carbons (Fsp3) is 0.464. The molecule has 1 aromatic heterocycles. The Morgan fingerprint density at radius 2 is 1.65 bits per heavy atom. The van der Waals surface area contributed by atoms with Gasteiger partial charge in [-0.25, -0.2) is 0 Å². The summed E-state index contributed by atoms with van der Waals surface area (Å²) in [4.78, 5) is 17.8. The van der Waals surface area contributed by atoms with E-state index in [4.69, 9.17) is 4.42 Å². The van der Waals surface area contributed by atoms with Crippen LogP contribution in [0, 0.1) is 0 Å². The molecule has 0 saturated carbocycles. The van der Waals surface area contributed by atoms with Crippen molar-refractivity contribution >= 4 is 11.6 Å². The topological polar surface area (TPSA) is 62.5 Å². The van der Waals surface area contributed by atoms with Crippen molar-refractivity contribution in [3.63, 3.8) is 0 Å². The molecule has 1 aliphatic rings. The molecule has 0 N–H and O–H groups in total. The van der Waals surface area contributed by atoms with E-state index in [1.54, 1.807) is 0 Å². The molecule has 6 nitrogen and oxygen atoms in total. The molecule has 0 bridgehead atoms. The van der Waals surface area contributed by atoms with Gasteiger partial charge in [0.15, 0.2) is 0 Å². The van der Waals surface area contributed by atoms with Crippen molar-refractivity contribution in [2.24, 2.45) is 0 Å². The van der Waals surface area contributed by atoms with Gasteiger partial charge in [-0.05, 0) is 43.4 Å². The Morgan fingerprint density at radius 3 is 2.29 bits per heavy atom. The largest absolute Gasteiger partial charge is 0.423 e. The Bertz CT molecular complexity index is 1030. The standard InChI is InChI=1S/C28H36N4O2/c1-3-5-16-25-29-30-27(34-25)28(32(26(33)4-2)24-14-10-7-11-15-24)18-21-31(22-19-28)20-17-23-12-8-6-9-13-23/h6-15H,3-5,16-22H2,1-2H3. The summed E-state index contributed by atoms with van der Waals surface area (Å²) in [6.45, 7) is 6.82. The van der Waals surface area contributed by atoms with Crippen LogP contribution >= 0.6 is 0 Å². The summed E-state index contributed by atoms with van der Waals surface area (Å²) in [5, 5.41) is 8.88. The number of piperidine rings is 1. The van der Waals surface area contributed by atoms with Gasteiger partial charge in [0, 0.05) is 38.2 Å². The Kier molecular flexibility index (Phi) is 8.12. The highest BCUT2D eigenvalue weighted by Gasteiger charge is 2.48. The molecule has 1 amide bonds. The van der Waals surface area contributed by atoms with Crippen LogP contribution in [-0.2, 0) is 23.2 Å². The van der Waals surface area contributed by atoms with Crippen LogP contribution in [0.3, 0.4) is 0 Å². The van der Waals surface area contributed by atoms with Gasteiger partial charge in [0.25, 0.3) is 0 Å². The summed E-state index contributed by atoms with van der Waals surface area (Å²) in [6, 6.07) is 20.6. The molecule has 6 heteroatoms. The number of amides is 1. The van der Waals surface area contributed by atoms with Crippen molar-refractivity contribution in [2.45, 2.75) is 64.3 Å². The molecule has 2 heterocycles. The fourth-order valence-corrected chi connectivity index (χ4v) is 4.85. The number of benzene rings is 2. The van der Waals surface area contributed by atoms with Crippen LogP contribution in [-0.4, -0.2) is 40.6 Å². The van der Waals surface area contributed by atoms with Gasteiger partial charge in [-0.2, -0.15) is 0 Å². The normalized spacial score (nSPS) is 15.8. The van der Waals surface area contributed by atoms with E-state index in [0.29, 0.717) is 18.2 Å². The number of carbonyl (C=O) groups is 1. The maximum absolute atomic E-state index is 13.4. The second-order valence-electron chi connectivity index (χ2n) is 9.13. The first kappa shape index (κ1) is 24.1. The van der Waals surface area contributed by atoms with Crippen molar-refractivity contribution in [3.05, 3.63) is 78.0 Å². The Hall–Kier alpha value is -2.99. The quantitative estimate of drug-likeness (QED) is 0.406. The van der Waals surface area contributed by atoms with Gasteiger partial charge in [-0.15, -0.1) is 10.2 Å². The molecule has 34 heavy (non-hydrogen) atoms. The summed E-state index contributed by atoms with van der Waals surface area (Å²) in [7, 11) is 0. The monoisotopic (exact) mass is 460 g/mol. The van der Waals surface area contributed by atoms with E-state index in [2.05, 4.69) is 52.4 Å². The number of unbranched alkanes of at least 4 members (excludes halogenated alkanes) is 1. The zero-order valence-corrected chi connectivity index (χ0v) is 20.4. The third kappa shape index (κ3) is 5.39. The predicted molar refractivity (Wildman–Crippen MR) is 135 cm³/mol. The first-order valence-corrected chi connectivity index (χ1v) is 12.6. The van der Waals surface area contributed by atoms with Crippen LogP contribution in [0.2, 0.25) is 0 Å². The summed E-state index contributed by atoms with van der Waals surface area (Å²) in [5.74, 6) is 1.32. The number of hydrogen-bond acceptors (Lipinski definition) is 5. The number of likely N-dealkylation sites (tertiary alicyclic amines) is 1. The SMILES string of the molecule is CCCCc1nnc(C2(N(C(=O)CC)c3ccccc3)CCN(CCc3ccccc3)CC2)o1. The van der Waals surface area contributed by atoms with Crippen molar-refractivity contribution in [2.75, 3.05) is 24.5 Å². The molecule has 180 valence electrons. The zero-order valence-electron chi connectivity index (χ0n) is 20.4. The first-order chi connectivity index (χ1) is 16.7. The molecule has 0 unspecified atom stereocenters. The Morgan fingerprint density at radius 1 is 0.971 bits per heavy atom. The fourth-order valence-electron chi connectivity index (χ4n) is 4.85. The number of rotatable bonds is 10. The van der Waals surface area contributed by atoms with Gasteiger partial charge >= 0.3 is 0 Å². The van der Waals surface area contributed by atoms with Crippen LogP contribution in [0.4, 0.5) is 5.69 Å². The lowest BCUT2D eigenvalue weighted by Crippen LogP contribution is -2.56. The van der Waals surface area contributed by atoms with Crippen LogP contribution in [0.1, 0.15) is 63.3 Å². The van der Waals surface area contributed by atoms with E-state index >= 15 is 0 Å². The number of hydrogen-bond donors (Lipinski definition) is 0. The summed E-state index contributed by atoms with van der Waals surface area (Å²) in [5.41, 5.74) is 1.61. The second-order valence-corrected chi connectivity index (χ2v) is 9.13. The summed E-state index contributed by atoms with van der Waals surface area (Å²) in [6.07, 6.45) is 5.82. The van der Waals surface area contributed by atoms with Crippen LogP contribution in [0.25, 0.3) is 0 Å². The summed E-state index contributed by atoms with van der Waals surface area (Å²) >= 11 is 0. The number of nitrogens with zero attached hydrogens (tertiary/aromatic N) is 4. The van der Waals surface area contributed by atoms with Gasteiger partial charge in [0.05, 0.1) is 0 Å². The van der Waals surface area contributed by atoms with Crippen LogP contribution in [0.15, 0.2) is 65.1 Å². The molecule has 0 atom stereocenters. The minimum Gasteiger partial charge on any atom is -0.423 e. The highest BCUT2D eigenvalue weighted by molar-refractivity contribution is 5.94. The van der Waals surface area contributed by atoms with Crippen molar-refractivity contribution in [3.8, 4) is 0 Å². The predicted octanol–water partition coefficient (Wildman–Crippen LogP) is 5.39. The van der Waals surface area contributed by atoms with Crippen molar-refractivity contribution in [1.82, 2.24) is 15.1 Å². The van der Waals surface area contributed by atoms with Crippen molar-refractivity contribution in [1.29, 1.82) is 0 Å². The molecular formula is C28H36N4O2. The molecular weight excluding hydrogens is 424 g/mol. The van der Waals surface area contributed by atoms with Gasteiger partial charge < -0.3 is 9.32 Å². The molecule has 1 saturated heterocycles. The maximum atomic E-state index is 13.4. The van der Waals surface area contributed by atoms with E-state index in [-0.39, 0.29) is 5.91 Å². The zero-order chi connectivity index (χ0) is 23.8. The molecule has 0 radical (unpaired) electrons. The van der Waals surface area contributed by atoms with Gasteiger partial charge in [0.1, 0.15) is 5.54 Å². The molecule has 0 aliphatic carbocycles. The van der Waals surface area contributed by atoms with E-state index < -0.39 is 5.54 Å². The third-order valence-electron chi connectivity index (χ3n) is 6.85. The van der Waals surface area contributed by atoms with Gasteiger partial charge in [-0.1, -0.05) is 68.8 Å². The third-order valence-corrected chi connectivity index (χ3v) is 6.85. The second kappa shape index (κ2) is 11.4. The number of para-hydroxylation sites is 1. The Balaban J connectivity index is 1.61. The van der Waals surface area contributed by atoms with Gasteiger partial charge in [-0.3, -0.25) is 9.69 Å². The molecule has 2 aromatic carbocycles. The number of carbonyl (C=O) groups excluding carboxylic acids is 1. The molecule has 1 fully saturated rings. The number of anilines is 1.